The van der Waals surface area contributed by atoms with Gasteiger partial charge >= 0.3 is 0 Å². The lowest BCUT2D eigenvalue weighted by Gasteiger charge is -2.19. The van der Waals surface area contributed by atoms with Crippen LogP contribution in [-0.4, -0.2) is 44.2 Å². The highest BCUT2D eigenvalue weighted by Gasteiger charge is 2.16. The Morgan fingerprint density at radius 2 is 1.84 bits per heavy atom. The highest BCUT2D eigenvalue weighted by molar-refractivity contribution is 5.95. The van der Waals surface area contributed by atoms with Crippen molar-refractivity contribution in [2.75, 3.05) is 18.4 Å². The monoisotopic (exact) mass is 437 g/mol. The third-order valence-corrected chi connectivity index (χ3v) is 5.88. The molecule has 2 heterocycles. The van der Waals surface area contributed by atoms with E-state index in [9.17, 15) is 9.59 Å². The number of hydrogen-bond acceptors (Lipinski definition) is 3. The number of nitrogens with zero attached hydrogens (tertiary/aromatic N) is 4. The minimum atomic E-state index is -0.0595. The maximum absolute atomic E-state index is 12.7. The first-order chi connectivity index (χ1) is 15.2. The van der Waals surface area contributed by atoms with E-state index in [2.05, 4.69) is 24.3 Å². The number of carbonyl (C=O) groups is 2. The first kappa shape index (κ1) is 23.6. The Kier molecular flexibility index (Phi) is 7.38. The van der Waals surface area contributed by atoms with Gasteiger partial charge in [-0.25, -0.2) is 0 Å². The van der Waals surface area contributed by atoms with Gasteiger partial charge in [-0.1, -0.05) is 13.8 Å². The second-order valence-electron chi connectivity index (χ2n) is 8.73. The molecule has 0 radical (unpaired) electrons. The number of anilines is 1. The summed E-state index contributed by atoms with van der Waals surface area (Å²) in [5.41, 5.74) is 4.68. The van der Waals surface area contributed by atoms with Crippen LogP contribution >= 0.6 is 0 Å². The van der Waals surface area contributed by atoms with E-state index >= 15 is 0 Å². The predicted molar refractivity (Wildman–Crippen MR) is 129 cm³/mol. The standard InChI is InChI=1S/C25H35N5O2/c1-7-28(8-2)25(32)16-29-12-11-20-13-21(9-10-23(20)29)26-24(31)14-22-18(5)27-30(19(22)6)15-17(3)4/h9-13,17H,7-8,14-16H2,1-6H3,(H,26,31). The van der Waals surface area contributed by atoms with Gasteiger partial charge in [0.25, 0.3) is 0 Å². The molecular weight excluding hydrogens is 402 g/mol. The van der Waals surface area contributed by atoms with E-state index in [1.165, 1.54) is 0 Å². The first-order valence-corrected chi connectivity index (χ1v) is 11.4. The fourth-order valence-corrected chi connectivity index (χ4v) is 4.12. The van der Waals surface area contributed by atoms with E-state index in [1.54, 1.807) is 0 Å². The van der Waals surface area contributed by atoms with Gasteiger partial charge in [0.1, 0.15) is 6.54 Å². The molecule has 172 valence electrons. The topological polar surface area (TPSA) is 72.2 Å². The molecule has 3 aromatic rings. The number of fused-ring (bicyclic) bond motifs is 1. The second-order valence-corrected chi connectivity index (χ2v) is 8.73. The Labute approximate surface area is 190 Å². The van der Waals surface area contributed by atoms with Crippen LogP contribution in [0.25, 0.3) is 10.9 Å². The zero-order chi connectivity index (χ0) is 23.4. The molecule has 0 fully saturated rings. The van der Waals surface area contributed by atoms with Crippen LogP contribution in [0.4, 0.5) is 5.69 Å². The lowest BCUT2D eigenvalue weighted by molar-refractivity contribution is -0.131. The zero-order valence-electron chi connectivity index (χ0n) is 20.1. The summed E-state index contributed by atoms with van der Waals surface area (Å²) in [7, 11) is 0. The number of aryl methyl sites for hydroxylation is 1. The molecule has 1 aromatic carbocycles. The van der Waals surface area contributed by atoms with Crippen LogP contribution in [0.15, 0.2) is 30.5 Å². The number of likely N-dealkylation sites (N-methyl/N-ethyl adjacent to an activating group) is 1. The summed E-state index contributed by atoms with van der Waals surface area (Å²) in [6.45, 7) is 14.9. The molecule has 0 saturated heterocycles. The molecule has 0 aliphatic carbocycles. The van der Waals surface area contributed by atoms with Crippen molar-refractivity contribution in [3.8, 4) is 0 Å². The van der Waals surface area contributed by atoms with Crippen molar-refractivity contribution >= 4 is 28.4 Å². The minimum Gasteiger partial charge on any atom is -0.342 e. The third-order valence-electron chi connectivity index (χ3n) is 5.88. The van der Waals surface area contributed by atoms with Crippen molar-refractivity contribution in [3.63, 3.8) is 0 Å². The molecule has 7 nitrogen and oxygen atoms in total. The lowest BCUT2D eigenvalue weighted by Crippen LogP contribution is -2.33. The molecule has 0 spiro atoms. The fourth-order valence-electron chi connectivity index (χ4n) is 4.12. The summed E-state index contributed by atoms with van der Waals surface area (Å²) >= 11 is 0. The SMILES string of the molecule is CCN(CC)C(=O)Cn1ccc2cc(NC(=O)Cc3c(C)nn(CC(C)C)c3C)ccc21. The van der Waals surface area contributed by atoms with Crippen LogP contribution in [-0.2, 0) is 29.1 Å². The molecule has 7 heteroatoms. The summed E-state index contributed by atoms with van der Waals surface area (Å²) in [5, 5.41) is 8.61. The molecule has 0 saturated carbocycles. The number of carbonyl (C=O) groups excluding carboxylic acids is 2. The minimum absolute atomic E-state index is 0.0595. The van der Waals surface area contributed by atoms with Gasteiger partial charge in [-0.15, -0.1) is 0 Å². The summed E-state index contributed by atoms with van der Waals surface area (Å²) in [4.78, 5) is 27.0. The van der Waals surface area contributed by atoms with Crippen LogP contribution in [0, 0.1) is 19.8 Å². The van der Waals surface area contributed by atoms with Gasteiger partial charge in [-0.05, 0) is 57.9 Å². The number of amides is 2. The van der Waals surface area contributed by atoms with Crippen LogP contribution in [0.3, 0.4) is 0 Å². The van der Waals surface area contributed by atoms with E-state index in [4.69, 9.17) is 0 Å². The zero-order valence-corrected chi connectivity index (χ0v) is 20.1. The van der Waals surface area contributed by atoms with E-state index in [1.807, 2.05) is 72.3 Å². The molecule has 0 bridgehead atoms. The Bertz CT molecular complexity index is 1110. The molecule has 1 N–H and O–H groups in total. The molecule has 3 rings (SSSR count). The number of aromatic nitrogens is 3. The van der Waals surface area contributed by atoms with Gasteiger partial charge in [0.2, 0.25) is 11.8 Å². The van der Waals surface area contributed by atoms with Gasteiger partial charge in [0.05, 0.1) is 12.1 Å². The molecular formula is C25H35N5O2. The summed E-state index contributed by atoms with van der Waals surface area (Å²) in [6.07, 6.45) is 2.22. The van der Waals surface area contributed by atoms with Gasteiger partial charge in [0, 0.05) is 53.7 Å². The third kappa shape index (κ3) is 5.21. The number of hydrogen-bond donors (Lipinski definition) is 1. The highest BCUT2D eigenvalue weighted by Crippen LogP contribution is 2.22. The summed E-state index contributed by atoms with van der Waals surface area (Å²) in [6, 6.07) is 7.77. The van der Waals surface area contributed by atoms with E-state index in [0.29, 0.717) is 32.0 Å². The van der Waals surface area contributed by atoms with Gasteiger partial charge in [0.15, 0.2) is 0 Å². The van der Waals surface area contributed by atoms with Gasteiger partial charge in [-0.3, -0.25) is 14.3 Å². The molecule has 2 amide bonds. The second kappa shape index (κ2) is 10.0. The van der Waals surface area contributed by atoms with E-state index in [-0.39, 0.29) is 11.8 Å². The van der Waals surface area contributed by atoms with Crippen molar-refractivity contribution in [2.24, 2.45) is 5.92 Å². The number of rotatable bonds is 9. The maximum Gasteiger partial charge on any atom is 0.242 e. The molecule has 0 aliphatic heterocycles. The quantitative estimate of drug-likeness (QED) is 0.546. The van der Waals surface area contributed by atoms with Gasteiger partial charge < -0.3 is 14.8 Å². The number of benzene rings is 1. The molecule has 0 aliphatic rings. The summed E-state index contributed by atoms with van der Waals surface area (Å²) < 4.78 is 3.95. The van der Waals surface area contributed by atoms with E-state index in [0.717, 1.165) is 40.1 Å². The normalized spacial score (nSPS) is 11.3. The Morgan fingerprint density at radius 1 is 1.12 bits per heavy atom. The highest BCUT2D eigenvalue weighted by atomic mass is 16.2. The summed E-state index contributed by atoms with van der Waals surface area (Å²) in [5.74, 6) is 0.542. The molecule has 32 heavy (non-hydrogen) atoms. The van der Waals surface area contributed by atoms with E-state index < -0.39 is 0 Å². The largest absolute Gasteiger partial charge is 0.342 e. The molecule has 0 unspecified atom stereocenters. The molecule has 0 atom stereocenters. The Morgan fingerprint density at radius 3 is 2.50 bits per heavy atom. The van der Waals surface area contributed by atoms with Crippen molar-refractivity contribution in [1.82, 2.24) is 19.2 Å². The van der Waals surface area contributed by atoms with Crippen molar-refractivity contribution in [3.05, 3.63) is 47.4 Å². The van der Waals surface area contributed by atoms with Gasteiger partial charge in [-0.2, -0.15) is 5.10 Å². The number of nitrogens with one attached hydrogen (secondary N) is 1. The average Bonchev–Trinajstić information content (AvgIpc) is 3.24. The smallest absolute Gasteiger partial charge is 0.242 e. The van der Waals surface area contributed by atoms with Crippen molar-refractivity contribution in [1.29, 1.82) is 0 Å². The average molecular weight is 438 g/mol. The maximum atomic E-state index is 12.7. The van der Waals surface area contributed by atoms with Crippen LogP contribution in [0.5, 0.6) is 0 Å². The Balaban J connectivity index is 1.70. The van der Waals surface area contributed by atoms with Crippen molar-refractivity contribution < 1.29 is 9.59 Å². The molecule has 2 aromatic heterocycles. The van der Waals surface area contributed by atoms with Crippen molar-refractivity contribution in [2.45, 2.75) is 61.1 Å². The predicted octanol–water partition coefficient (Wildman–Crippen LogP) is 4.16. The van der Waals surface area contributed by atoms with Crippen LogP contribution in [0.1, 0.15) is 44.6 Å². The Hall–Kier alpha value is -3.09. The van der Waals surface area contributed by atoms with Crippen LogP contribution < -0.4 is 5.32 Å². The fraction of sp³-hybridized carbons (Fsp3) is 0.480. The van der Waals surface area contributed by atoms with Crippen LogP contribution in [0.2, 0.25) is 0 Å². The lowest BCUT2D eigenvalue weighted by atomic mass is 10.1. The first-order valence-electron chi connectivity index (χ1n) is 11.4.